The van der Waals surface area contributed by atoms with Crippen molar-refractivity contribution in [3.8, 4) is 17.2 Å². The normalized spacial score (nSPS) is 10.5. The van der Waals surface area contributed by atoms with E-state index < -0.39 is 11.5 Å². The van der Waals surface area contributed by atoms with E-state index in [-0.39, 0.29) is 11.4 Å². The van der Waals surface area contributed by atoms with Crippen LogP contribution in [-0.2, 0) is 0 Å². The molecule has 0 bridgehead atoms. The average Bonchev–Trinajstić information content (AvgIpc) is 3.17. The fraction of sp³-hybridized carbons (Fsp3) is 0.158. The molecule has 0 saturated heterocycles. The Labute approximate surface area is 148 Å². The van der Waals surface area contributed by atoms with Gasteiger partial charge in [0, 0.05) is 6.54 Å². The van der Waals surface area contributed by atoms with Crippen molar-refractivity contribution in [2.75, 3.05) is 13.2 Å². The first-order valence-electron chi connectivity index (χ1n) is 8.07. The molecule has 3 rings (SSSR count). The van der Waals surface area contributed by atoms with Crippen LogP contribution in [0.4, 0.5) is 4.39 Å². The molecule has 0 fully saturated rings. The van der Waals surface area contributed by atoms with Crippen LogP contribution < -0.4 is 15.6 Å². The van der Waals surface area contributed by atoms with E-state index in [0.29, 0.717) is 36.8 Å². The van der Waals surface area contributed by atoms with Gasteiger partial charge in [-0.15, -0.1) is 0 Å². The van der Waals surface area contributed by atoms with E-state index in [0.717, 1.165) is 0 Å². The number of carbonyl (C=O) groups excluding carboxylic acids is 1. The monoisotopic (exact) mass is 356 g/mol. The molecule has 2 aromatic heterocycles. The third kappa shape index (κ3) is 4.38. The minimum atomic E-state index is -0.487. The van der Waals surface area contributed by atoms with Gasteiger partial charge in [-0.25, -0.2) is 4.39 Å². The number of aromatic amines is 1. The summed E-state index contributed by atoms with van der Waals surface area (Å²) in [6, 6.07) is 12.2. The number of nitrogens with one attached hydrogen (secondary N) is 2. The Morgan fingerprint density at radius 1 is 1.15 bits per heavy atom. The van der Waals surface area contributed by atoms with Gasteiger partial charge in [0.25, 0.3) is 11.5 Å². The van der Waals surface area contributed by atoms with Crippen molar-refractivity contribution in [3.05, 3.63) is 76.5 Å². The molecular weight excluding hydrogens is 339 g/mol. The molecule has 134 valence electrons. The minimum absolute atomic E-state index is 0.0276. The molecule has 3 aromatic rings. The van der Waals surface area contributed by atoms with Crippen LogP contribution in [-0.4, -0.2) is 24.0 Å². The predicted octanol–water partition coefficient (Wildman–Crippen LogP) is 2.97. The summed E-state index contributed by atoms with van der Waals surface area (Å²) in [7, 11) is 0. The van der Waals surface area contributed by atoms with Gasteiger partial charge in [0.15, 0.2) is 0 Å². The fourth-order valence-corrected chi connectivity index (χ4v) is 2.32. The molecule has 0 aliphatic carbocycles. The third-order valence-corrected chi connectivity index (χ3v) is 3.63. The lowest BCUT2D eigenvalue weighted by Gasteiger charge is -2.07. The standard InChI is InChI=1S/C19H17FN2O4/c20-13-4-6-14(7-5-13)25-12-2-10-21-18(23)15-8-9-16(22-19(15)24)17-3-1-11-26-17/h1,3-9,11H,2,10,12H2,(H,21,23)(H,22,24). The molecular formula is C19H17FN2O4. The minimum Gasteiger partial charge on any atom is -0.494 e. The maximum absolute atomic E-state index is 12.8. The molecule has 0 atom stereocenters. The SMILES string of the molecule is O=C(NCCCOc1ccc(F)cc1)c1ccc(-c2ccco2)[nH]c1=O. The van der Waals surface area contributed by atoms with Crippen LogP contribution >= 0.6 is 0 Å². The molecule has 0 saturated carbocycles. The molecule has 0 aliphatic heterocycles. The van der Waals surface area contributed by atoms with Crippen LogP contribution in [0.15, 0.2) is 64.0 Å². The van der Waals surface area contributed by atoms with Crippen LogP contribution in [0.5, 0.6) is 5.75 Å². The lowest BCUT2D eigenvalue weighted by molar-refractivity contribution is 0.0950. The second-order valence-corrected chi connectivity index (χ2v) is 5.50. The second kappa shape index (κ2) is 8.15. The number of amides is 1. The van der Waals surface area contributed by atoms with Crippen LogP contribution in [0.3, 0.4) is 0 Å². The molecule has 2 heterocycles. The van der Waals surface area contributed by atoms with E-state index in [9.17, 15) is 14.0 Å². The summed E-state index contributed by atoms with van der Waals surface area (Å²) in [6.45, 7) is 0.707. The van der Waals surface area contributed by atoms with Crippen LogP contribution in [0, 0.1) is 5.82 Å². The number of furan rings is 1. The molecule has 0 spiro atoms. The second-order valence-electron chi connectivity index (χ2n) is 5.50. The fourth-order valence-electron chi connectivity index (χ4n) is 2.32. The van der Waals surface area contributed by atoms with Crippen molar-refractivity contribution in [1.29, 1.82) is 0 Å². The molecule has 1 aromatic carbocycles. The number of halogens is 1. The zero-order valence-electron chi connectivity index (χ0n) is 13.8. The van der Waals surface area contributed by atoms with Crippen LogP contribution in [0.25, 0.3) is 11.5 Å². The van der Waals surface area contributed by atoms with E-state index in [4.69, 9.17) is 9.15 Å². The number of carbonyl (C=O) groups is 1. The maximum Gasteiger partial charge on any atom is 0.261 e. The molecule has 6 nitrogen and oxygen atoms in total. The van der Waals surface area contributed by atoms with Crippen molar-refractivity contribution in [3.63, 3.8) is 0 Å². The van der Waals surface area contributed by atoms with Crippen LogP contribution in [0.1, 0.15) is 16.8 Å². The first kappa shape index (κ1) is 17.5. The molecule has 0 aliphatic rings. The number of ether oxygens (including phenoxy) is 1. The van der Waals surface area contributed by atoms with E-state index in [2.05, 4.69) is 10.3 Å². The van der Waals surface area contributed by atoms with E-state index in [1.54, 1.807) is 18.2 Å². The summed E-state index contributed by atoms with van der Waals surface area (Å²) < 4.78 is 23.4. The lowest BCUT2D eigenvalue weighted by atomic mass is 10.2. The van der Waals surface area contributed by atoms with Crippen molar-refractivity contribution in [1.82, 2.24) is 10.3 Å². The smallest absolute Gasteiger partial charge is 0.261 e. The molecule has 7 heteroatoms. The zero-order valence-corrected chi connectivity index (χ0v) is 13.8. The highest BCUT2D eigenvalue weighted by Crippen LogP contribution is 2.15. The van der Waals surface area contributed by atoms with Gasteiger partial charge in [0.05, 0.1) is 18.6 Å². The van der Waals surface area contributed by atoms with E-state index in [1.165, 1.54) is 36.6 Å². The van der Waals surface area contributed by atoms with Gasteiger partial charge in [0.2, 0.25) is 0 Å². The molecule has 0 radical (unpaired) electrons. The van der Waals surface area contributed by atoms with Gasteiger partial charge < -0.3 is 19.5 Å². The largest absolute Gasteiger partial charge is 0.494 e. The third-order valence-electron chi connectivity index (χ3n) is 3.63. The number of hydrogen-bond donors (Lipinski definition) is 2. The Morgan fingerprint density at radius 3 is 2.65 bits per heavy atom. The van der Waals surface area contributed by atoms with Crippen molar-refractivity contribution < 1.29 is 18.3 Å². The molecule has 26 heavy (non-hydrogen) atoms. The quantitative estimate of drug-likeness (QED) is 0.638. The van der Waals surface area contributed by atoms with Crippen molar-refractivity contribution in [2.45, 2.75) is 6.42 Å². The first-order chi connectivity index (χ1) is 12.6. The summed E-state index contributed by atoms with van der Waals surface area (Å²) in [5.41, 5.74) is 0.0444. The van der Waals surface area contributed by atoms with Gasteiger partial charge >= 0.3 is 0 Å². The highest BCUT2D eigenvalue weighted by Gasteiger charge is 2.11. The Bertz CT molecular complexity index is 917. The summed E-state index contributed by atoms with van der Waals surface area (Å²) in [5.74, 6) is 0.293. The maximum atomic E-state index is 12.8. The Balaban J connectivity index is 1.47. The number of benzene rings is 1. The zero-order chi connectivity index (χ0) is 18.4. The van der Waals surface area contributed by atoms with Crippen molar-refractivity contribution >= 4 is 5.91 Å². The Kier molecular flexibility index (Phi) is 5.48. The van der Waals surface area contributed by atoms with Gasteiger partial charge in [-0.3, -0.25) is 9.59 Å². The number of hydrogen-bond acceptors (Lipinski definition) is 4. The number of rotatable bonds is 7. The van der Waals surface area contributed by atoms with E-state index >= 15 is 0 Å². The topological polar surface area (TPSA) is 84.3 Å². The lowest BCUT2D eigenvalue weighted by Crippen LogP contribution is -2.30. The summed E-state index contributed by atoms with van der Waals surface area (Å²) in [5, 5.41) is 2.67. The average molecular weight is 356 g/mol. The number of H-pyrrole nitrogens is 1. The summed E-state index contributed by atoms with van der Waals surface area (Å²) >= 11 is 0. The summed E-state index contributed by atoms with van der Waals surface area (Å²) in [6.07, 6.45) is 2.05. The first-order valence-corrected chi connectivity index (χ1v) is 8.07. The number of aromatic nitrogens is 1. The Morgan fingerprint density at radius 2 is 1.96 bits per heavy atom. The highest BCUT2D eigenvalue weighted by molar-refractivity contribution is 5.93. The van der Waals surface area contributed by atoms with Gasteiger partial charge in [0.1, 0.15) is 22.9 Å². The van der Waals surface area contributed by atoms with Crippen LogP contribution in [0.2, 0.25) is 0 Å². The highest BCUT2D eigenvalue weighted by atomic mass is 19.1. The molecule has 1 amide bonds. The van der Waals surface area contributed by atoms with Gasteiger partial charge in [-0.1, -0.05) is 0 Å². The van der Waals surface area contributed by atoms with E-state index in [1.807, 2.05) is 0 Å². The van der Waals surface area contributed by atoms with Crippen molar-refractivity contribution in [2.24, 2.45) is 0 Å². The van der Waals surface area contributed by atoms with Gasteiger partial charge in [-0.05, 0) is 55.0 Å². The number of pyridine rings is 1. The summed E-state index contributed by atoms with van der Waals surface area (Å²) in [4.78, 5) is 26.8. The van der Waals surface area contributed by atoms with Gasteiger partial charge in [-0.2, -0.15) is 0 Å². The Hall–Kier alpha value is -3.35. The molecule has 0 unspecified atom stereocenters. The predicted molar refractivity (Wildman–Crippen MR) is 93.6 cm³/mol. The molecule has 2 N–H and O–H groups in total.